The van der Waals surface area contributed by atoms with Crippen molar-refractivity contribution in [1.82, 2.24) is 19.7 Å². The van der Waals surface area contributed by atoms with Gasteiger partial charge in [0.2, 0.25) is 0 Å². The van der Waals surface area contributed by atoms with E-state index in [1.807, 2.05) is 11.6 Å². The van der Waals surface area contributed by atoms with Crippen molar-refractivity contribution in [2.45, 2.75) is 27.2 Å². The van der Waals surface area contributed by atoms with Gasteiger partial charge in [0.25, 0.3) is 0 Å². The van der Waals surface area contributed by atoms with Gasteiger partial charge >= 0.3 is 0 Å². The van der Waals surface area contributed by atoms with Crippen molar-refractivity contribution in [3.63, 3.8) is 0 Å². The molecule has 0 amide bonds. The predicted molar refractivity (Wildman–Crippen MR) is 65.7 cm³/mol. The van der Waals surface area contributed by atoms with Crippen LogP contribution in [0.2, 0.25) is 0 Å². The maximum Gasteiger partial charge on any atom is 0.171 e. The lowest BCUT2D eigenvalue weighted by molar-refractivity contribution is 0.794. The molecule has 0 atom stereocenters. The molecule has 0 spiro atoms. The molecular formula is C11H13BrN4. The molecule has 84 valence electrons. The van der Waals surface area contributed by atoms with Crippen LogP contribution in [0.1, 0.15) is 23.9 Å². The molecule has 2 aromatic rings. The Kier molecular flexibility index (Phi) is 3.05. The molecule has 0 saturated heterocycles. The Morgan fingerprint density at radius 2 is 2.12 bits per heavy atom. The van der Waals surface area contributed by atoms with E-state index in [4.69, 9.17) is 0 Å². The second kappa shape index (κ2) is 4.33. The van der Waals surface area contributed by atoms with E-state index in [0.717, 1.165) is 28.1 Å². The predicted octanol–water partition coefficient (Wildman–Crippen LogP) is 2.60. The maximum atomic E-state index is 4.51. The van der Waals surface area contributed by atoms with Crippen molar-refractivity contribution in [3.05, 3.63) is 33.9 Å². The van der Waals surface area contributed by atoms with Gasteiger partial charge in [0.1, 0.15) is 6.33 Å². The van der Waals surface area contributed by atoms with Gasteiger partial charge in [-0.15, -0.1) is 0 Å². The highest BCUT2D eigenvalue weighted by Gasteiger charge is 2.13. The fraction of sp³-hybridized carbons (Fsp3) is 0.364. The van der Waals surface area contributed by atoms with Crippen LogP contribution in [0.3, 0.4) is 0 Å². The van der Waals surface area contributed by atoms with Crippen LogP contribution in [0.4, 0.5) is 0 Å². The average Bonchev–Trinajstić information content (AvgIpc) is 2.55. The molecule has 0 fully saturated rings. The SMILES string of the molecule is CCc1c(C)nn(-c2ncncc2Br)c1C. The fourth-order valence-corrected chi connectivity index (χ4v) is 2.24. The second-order valence-electron chi connectivity index (χ2n) is 3.61. The van der Waals surface area contributed by atoms with E-state index in [-0.39, 0.29) is 0 Å². The molecular weight excluding hydrogens is 268 g/mol. The molecule has 0 radical (unpaired) electrons. The van der Waals surface area contributed by atoms with Gasteiger partial charge in [-0.3, -0.25) is 0 Å². The summed E-state index contributed by atoms with van der Waals surface area (Å²) in [6.07, 6.45) is 4.24. The molecule has 2 rings (SSSR count). The first kappa shape index (κ1) is 11.3. The molecule has 0 aliphatic heterocycles. The molecule has 2 aromatic heterocycles. The minimum atomic E-state index is 0.787. The fourth-order valence-electron chi connectivity index (χ4n) is 1.85. The molecule has 16 heavy (non-hydrogen) atoms. The summed E-state index contributed by atoms with van der Waals surface area (Å²) in [5, 5.41) is 4.51. The average molecular weight is 281 g/mol. The lowest BCUT2D eigenvalue weighted by Crippen LogP contribution is -2.03. The highest BCUT2D eigenvalue weighted by atomic mass is 79.9. The number of hydrogen-bond donors (Lipinski definition) is 0. The molecule has 0 bridgehead atoms. The summed E-state index contributed by atoms with van der Waals surface area (Å²) in [6, 6.07) is 0. The molecule has 0 N–H and O–H groups in total. The Labute approximate surface area is 103 Å². The largest absolute Gasteiger partial charge is 0.243 e. The Balaban J connectivity index is 2.62. The molecule has 2 heterocycles. The minimum absolute atomic E-state index is 0.787. The summed E-state index contributed by atoms with van der Waals surface area (Å²) in [5.74, 6) is 0.787. The number of halogens is 1. The summed E-state index contributed by atoms with van der Waals surface area (Å²) in [5.41, 5.74) is 3.48. The first-order chi connectivity index (χ1) is 7.65. The number of aromatic nitrogens is 4. The Morgan fingerprint density at radius 1 is 1.38 bits per heavy atom. The van der Waals surface area contributed by atoms with Gasteiger partial charge in [-0.05, 0) is 41.8 Å². The van der Waals surface area contributed by atoms with Crippen LogP contribution in [-0.4, -0.2) is 19.7 Å². The van der Waals surface area contributed by atoms with Crippen LogP contribution in [0, 0.1) is 13.8 Å². The summed E-state index contributed by atoms with van der Waals surface area (Å²) in [6.45, 7) is 6.22. The molecule has 0 saturated carbocycles. The summed E-state index contributed by atoms with van der Waals surface area (Å²) >= 11 is 3.44. The van der Waals surface area contributed by atoms with Gasteiger partial charge in [-0.2, -0.15) is 5.10 Å². The molecule has 0 aliphatic carbocycles. The van der Waals surface area contributed by atoms with E-state index in [1.165, 1.54) is 11.9 Å². The molecule has 5 heteroatoms. The van der Waals surface area contributed by atoms with Crippen molar-refractivity contribution in [3.8, 4) is 5.82 Å². The lowest BCUT2D eigenvalue weighted by Gasteiger charge is -2.05. The molecule has 0 aromatic carbocycles. The van der Waals surface area contributed by atoms with Crippen molar-refractivity contribution in [2.75, 3.05) is 0 Å². The highest BCUT2D eigenvalue weighted by Crippen LogP contribution is 2.21. The van der Waals surface area contributed by atoms with E-state index < -0.39 is 0 Å². The standard InChI is InChI=1S/C11H13BrN4/c1-4-9-7(2)15-16(8(9)3)11-10(12)5-13-6-14-11/h5-6H,4H2,1-3H3. The normalized spacial score (nSPS) is 10.8. The first-order valence-electron chi connectivity index (χ1n) is 5.16. The highest BCUT2D eigenvalue weighted by molar-refractivity contribution is 9.10. The zero-order valence-corrected chi connectivity index (χ0v) is 11.1. The molecule has 4 nitrogen and oxygen atoms in total. The van der Waals surface area contributed by atoms with Crippen molar-refractivity contribution >= 4 is 15.9 Å². The number of hydrogen-bond acceptors (Lipinski definition) is 3. The van der Waals surface area contributed by atoms with Gasteiger partial charge in [-0.25, -0.2) is 14.6 Å². The van der Waals surface area contributed by atoms with Crippen LogP contribution in [0.25, 0.3) is 5.82 Å². The van der Waals surface area contributed by atoms with Crippen LogP contribution in [0.5, 0.6) is 0 Å². The zero-order chi connectivity index (χ0) is 11.7. The quantitative estimate of drug-likeness (QED) is 0.849. The summed E-state index contributed by atoms with van der Waals surface area (Å²) in [7, 11) is 0. The number of nitrogens with zero attached hydrogens (tertiary/aromatic N) is 4. The lowest BCUT2D eigenvalue weighted by atomic mass is 10.1. The van der Waals surface area contributed by atoms with Crippen molar-refractivity contribution in [2.24, 2.45) is 0 Å². The van der Waals surface area contributed by atoms with E-state index in [2.05, 4.69) is 44.8 Å². The number of rotatable bonds is 2. The number of aryl methyl sites for hydroxylation is 1. The van der Waals surface area contributed by atoms with Gasteiger partial charge in [0.05, 0.1) is 10.2 Å². The van der Waals surface area contributed by atoms with Crippen LogP contribution < -0.4 is 0 Å². The van der Waals surface area contributed by atoms with E-state index in [1.54, 1.807) is 6.20 Å². The third-order valence-corrected chi connectivity index (χ3v) is 3.20. The maximum absolute atomic E-state index is 4.51. The summed E-state index contributed by atoms with van der Waals surface area (Å²) < 4.78 is 2.71. The van der Waals surface area contributed by atoms with Crippen LogP contribution in [0.15, 0.2) is 17.0 Å². The first-order valence-corrected chi connectivity index (χ1v) is 5.95. The third-order valence-electron chi connectivity index (χ3n) is 2.64. The Morgan fingerprint density at radius 3 is 2.69 bits per heavy atom. The monoisotopic (exact) mass is 280 g/mol. The van der Waals surface area contributed by atoms with Gasteiger partial charge in [0.15, 0.2) is 5.82 Å². The molecule has 0 aliphatic rings. The molecule has 0 unspecified atom stereocenters. The van der Waals surface area contributed by atoms with Crippen LogP contribution >= 0.6 is 15.9 Å². The minimum Gasteiger partial charge on any atom is -0.243 e. The van der Waals surface area contributed by atoms with Gasteiger partial charge in [0, 0.05) is 11.9 Å². The van der Waals surface area contributed by atoms with Gasteiger partial charge in [-0.1, -0.05) is 6.92 Å². The van der Waals surface area contributed by atoms with Crippen molar-refractivity contribution in [1.29, 1.82) is 0 Å². The zero-order valence-electron chi connectivity index (χ0n) is 9.53. The Hall–Kier alpha value is -1.23. The van der Waals surface area contributed by atoms with E-state index >= 15 is 0 Å². The van der Waals surface area contributed by atoms with Crippen molar-refractivity contribution < 1.29 is 0 Å². The third kappa shape index (κ3) is 1.75. The summed E-state index contributed by atoms with van der Waals surface area (Å²) in [4.78, 5) is 8.19. The van der Waals surface area contributed by atoms with Crippen LogP contribution in [-0.2, 0) is 6.42 Å². The van der Waals surface area contributed by atoms with Gasteiger partial charge < -0.3 is 0 Å². The smallest absolute Gasteiger partial charge is 0.171 e. The van der Waals surface area contributed by atoms with E-state index in [9.17, 15) is 0 Å². The Bertz CT molecular complexity index is 519. The topological polar surface area (TPSA) is 43.6 Å². The second-order valence-corrected chi connectivity index (χ2v) is 4.46. The van der Waals surface area contributed by atoms with E-state index in [0.29, 0.717) is 0 Å².